The Kier molecular flexibility index (Phi) is 6.03. The zero-order valence-corrected chi connectivity index (χ0v) is 17.4. The number of rotatable bonds is 7. The summed E-state index contributed by atoms with van der Waals surface area (Å²) >= 11 is 1.24. The van der Waals surface area contributed by atoms with Crippen LogP contribution in [0.25, 0.3) is 11.3 Å². The SMILES string of the molecule is O=C(Nc1nc(-c2cccc([N+](=O)[O-])c2)cs1)C1CC(=O)N(CCc2ccccc2)C1. The maximum absolute atomic E-state index is 12.7. The summed E-state index contributed by atoms with van der Waals surface area (Å²) in [6.07, 6.45) is 0.934. The average Bonchev–Trinajstić information content (AvgIpc) is 3.39. The number of nitrogens with zero attached hydrogens (tertiary/aromatic N) is 3. The smallest absolute Gasteiger partial charge is 0.270 e. The first-order valence-electron chi connectivity index (χ1n) is 9.82. The summed E-state index contributed by atoms with van der Waals surface area (Å²) in [5.74, 6) is -0.684. The molecule has 2 aromatic carbocycles. The monoisotopic (exact) mass is 436 g/mol. The molecule has 2 heterocycles. The van der Waals surface area contributed by atoms with Gasteiger partial charge in [0.25, 0.3) is 5.69 Å². The lowest BCUT2D eigenvalue weighted by molar-refractivity contribution is -0.384. The van der Waals surface area contributed by atoms with Crippen molar-refractivity contribution in [3.05, 3.63) is 75.7 Å². The summed E-state index contributed by atoms with van der Waals surface area (Å²) in [6, 6.07) is 16.1. The van der Waals surface area contributed by atoms with E-state index in [1.54, 1.807) is 22.4 Å². The van der Waals surface area contributed by atoms with Crippen LogP contribution in [0.2, 0.25) is 0 Å². The van der Waals surface area contributed by atoms with E-state index in [2.05, 4.69) is 10.3 Å². The molecular weight excluding hydrogens is 416 g/mol. The number of amides is 2. The lowest BCUT2D eigenvalue weighted by Gasteiger charge is -2.16. The maximum atomic E-state index is 12.7. The number of thiazole rings is 1. The number of likely N-dealkylation sites (tertiary alicyclic amines) is 1. The molecule has 1 atom stereocenters. The third-order valence-electron chi connectivity index (χ3n) is 5.19. The zero-order valence-electron chi connectivity index (χ0n) is 16.6. The van der Waals surface area contributed by atoms with Crippen molar-refractivity contribution < 1.29 is 14.5 Å². The molecule has 31 heavy (non-hydrogen) atoms. The van der Waals surface area contributed by atoms with E-state index in [0.29, 0.717) is 29.5 Å². The van der Waals surface area contributed by atoms with Crippen LogP contribution < -0.4 is 5.32 Å². The van der Waals surface area contributed by atoms with Crippen LogP contribution in [-0.2, 0) is 16.0 Å². The summed E-state index contributed by atoms with van der Waals surface area (Å²) < 4.78 is 0. The molecule has 3 aromatic rings. The molecule has 9 heteroatoms. The number of hydrogen-bond donors (Lipinski definition) is 1. The summed E-state index contributed by atoms with van der Waals surface area (Å²) in [7, 11) is 0. The lowest BCUT2D eigenvalue weighted by Crippen LogP contribution is -2.30. The van der Waals surface area contributed by atoms with E-state index in [-0.39, 0.29) is 23.9 Å². The molecule has 1 aliphatic rings. The maximum Gasteiger partial charge on any atom is 0.270 e. The number of benzene rings is 2. The second kappa shape index (κ2) is 9.05. The molecule has 1 unspecified atom stereocenters. The molecule has 0 bridgehead atoms. The standard InChI is InChI=1S/C22H20N4O4S/c27-20-12-17(13-25(20)10-9-15-5-2-1-3-6-15)21(28)24-22-23-19(14-31-22)16-7-4-8-18(11-16)26(29)30/h1-8,11,14,17H,9-10,12-13H2,(H,23,24,28). The molecule has 0 spiro atoms. The minimum atomic E-state index is -0.459. The molecule has 1 saturated heterocycles. The van der Waals surface area contributed by atoms with Gasteiger partial charge in [0, 0.05) is 42.6 Å². The number of carbonyl (C=O) groups excluding carboxylic acids is 2. The molecule has 1 aliphatic heterocycles. The largest absolute Gasteiger partial charge is 0.342 e. The molecule has 0 saturated carbocycles. The van der Waals surface area contributed by atoms with Gasteiger partial charge in [-0.1, -0.05) is 42.5 Å². The highest BCUT2D eigenvalue weighted by Crippen LogP contribution is 2.28. The average molecular weight is 436 g/mol. The normalized spacial score (nSPS) is 15.8. The van der Waals surface area contributed by atoms with E-state index in [1.807, 2.05) is 30.3 Å². The van der Waals surface area contributed by atoms with Crippen LogP contribution in [0.4, 0.5) is 10.8 Å². The van der Waals surface area contributed by atoms with Gasteiger partial charge in [-0.05, 0) is 12.0 Å². The van der Waals surface area contributed by atoms with Crippen molar-refractivity contribution in [1.29, 1.82) is 0 Å². The van der Waals surface area contributed by atoms with Crippen molar-refractivity contribution in [3.8, 4) is 11.3 Å². The first-order valence-corrected chi connectivity index (χ1v) is 10.7. The van der Waals surface area contributed by atoms with Gasteiger partial charge < -0.3 is 10.2 Å². The minimum absolute atomic E-state index is 0.0175. The van der Waals surface area contributed by atoms with E-state index in [0.717, 1.165) is 12.0 Å². The van der Waals surface area contributed by atoms with Crippen molar-refractivity contribution in [2.75, 3.05) is 18.4 Å². The Balaban J connectivity index is 1.35. The lowest BCUT2D eigenvalue weighted by atomic mass is 10.1. The molecule has 1 fully saturated rings. The fraction of sp³-hybridized carbons (Fsp3) is 0.227. The first kappa shape index (κ1) is 20.7. The zero-order chi connectivity index (χ0) is 21.8. The van der Waals surface area contributed by atoms with Crippen molar-refractivity contribution in [3.63, 3.8) is 0 Å². The van der Waals surface area contributed by atoms with Gasteiger partial charge in [-0.3, -0.25) is 19.7 Å². The predicted molar refractivity (Wildman–Crippen MR) is 118 cm³/mol. The van der Waals surface area contributed by atoms with E-state index in [4.69, 9.17) is 0 Å². The van der Waals surface area contributed by atoms with Gasteiger partial charge in [0.15, 0.2) is 5.13 Å². The van der Waals surface area contributed by atoms with Gasteiger partial charge in [-0.25, -0.2) is 4.98 Å². The molecule has 4 rings (SSSR count). The van der Waals surface area contributed by atoms with Crippen LogP contribution >= 0.6 is 11.3 Å². The summed E-state index contributed by atoms with van der Waals surface area (Å²) in [5.41, 5.74) is 2.29. The highest BCUT2D eigenvalue weighted by atomic mass is 32.1. The van der Waals surface area contributed by atoms with E-state index < -0.39 is 10.8 Å². The molecular formula is C22H20N4O4S. The van der Waals surface area contributed by atoms with Crippen LogP contribution in [0.3, 0.4) is 0 Å². The van der Waals surface area contributed by atoms with Crippen LogP contribution in [0, 0.1) is 16.0 Å². The Labute approximate surface area is 182 Å². The number of anilines is 1. The Morgan fingerprint density at radius 2 is 2.03 bits per heavy atom. The van der Waals surface area contributed by atoms with E-state index in [1.165, 1.54) is 23.5 Å². The van der Waals surface area contributed by atoms with Crippen molar-refractivity contribution in [1.82, 2.24) is 9.88 Å². The number of nitro benzene ring substituents is 1. The van der Waals surface area contributed by atoms with Crippen molar-refractivity contribution in [2.24, 2.45) is 5.92 Å². The molecule has 8 nitrogen and oxygen atoms in total. The number of aromatic nitrogens is 1. The summed E-state index contributed by atoms with van der Waals surface area (Å²) in [4.78, 5) is 41.6. The second-order valence-corrected chi connectivity index (χ2v) is 8.17. The van der Waals surface area contributed by atoms with Gasteiger partial charge in [0.05, 0.1) is 16.5 Å². The quantitative estimate of drug-likeness (QED) is 0.449. The van der Waals surface area contributed by atoms with Gasteiger partial charge in [0.2, 0.25) is 11.8 Å². The molecule has 1 N–H and O–H groups in total. The van der Waals surface area contributed by atoms with Crippen LogP contribution in [0.5, 0.6) is 0 Å². The minimum Gasteiger partial charge on any atom is -0.342 e. The summed E-state index contributed by atoms with van der Waals surface area (Å²) in [5, 5.41) is 15.9. The highest BCUT2D eigenvalue weighted by Gasteiger charge is 2.34. The van der Waals surface area contributed by atoms with Gasteiger partial charge in [-0.15, -0.1) is 11.3 Å². The Hall–Kier alpha value is -3.59. The summed E-state index contributed by atoms with van der Waals surface area (Å²) in [6.45, 7) is 0.974. The van der Waals surface area contributed by atoms with Crippen LogP contribution in [0.1, 0.15) is 12.0 Å². The number of carbonyl (C=O) groups is 2. The van der Waals surface area contributed by atoms with Gasteiger partial charge in [0.1, 0.15) is 0 Å². The molecule has 0 aliphatic carbocycles. The predicted octanol–water partition coefficient (Wildman–Crippen LogP) is 3.75. The number of nitrogens with one attached hydrogen (secondary N) is 1. The molecule has 1 aromatic heterocycles. The number of nitro groups is 1. The fourth-order valence-electron chi connectivity index (χ4n) is 3.52. The topological polar surface area (TPSA) is 105 Å². The van der Waals surface area contributed by atoms with Crippen molar-refractivity contribution in [2.45, 2.75) is 12.8 Å². The highest BCUT2D eigenvalue weighted by molar-refractivity contribution is 7.14. The Bertz CT molecular complexity index is 1120. The molecule has 158 valence electrons. The number of non-ortho nitro benzene ring substituents is 1. The Morgan fingerprint density at radius 1 is 1.23 bits per heavy atom. The third kappa shape index (κ3) is 4.95. The third-order valence-corrected chi connectivity index (χ3v) is 5.94. The van der Waals surface area contributed by atoms with E-state index in [9.17, 15) is 19.7 Å². The fourth-order valence-corrected chi connectivity index (χ4v) is 4.25. The van der Waals surface area contributed by atoms with E-state index >= 15 is 0 Å². The number of hydrogen-bond acceptors (Lipinski definition) is 6. The van der Waals surface area contributed by atoms with Crippen LogP contribution in [0.15, 0.2) is 60.0 Å². The molecule has 0 radical (unpaired) electrons. The van der Waals surface area contributed by atoms with Gasteiger partial charge in [-0.2, -0.15) is 0 Å². The first-order chi connectivity index (χ1) is 15.0. The molecule has 2 amide bonds. The van der Waals surface area contributed by atoms with Crippen molar-refractivity contribution >= 4 is 34.0 Å². The Morgan fingerprint density at radius 3 is 2.81 bits per heavy atom. The second-order valence-electron chi connectivity index (χ2n) is 7.31. The van der Waals surface area contributed by atoms with Gasteiger partial charge >= 0.3 is 0 Å². The van der Waals surface area contributed by atoms with Crippen LogP contribution in [-0.4, -0.2) is 39.7 Å².